The maximum Gasteiger partial charge on any atom is 0.303 e. The molecule has 1 saturated heterocycles. The molecule has 10 heteroatoms. The first kappa shape index (κ1) is 31.5. The summed E-state index contributed by atoms with van der Waals surface area (Å²) in [5.74, 6) is -0.125. The topological polar surface area (TPSA) is 112 Å². The van der Waals surface area contributed by atoms with Gasteiger partial charge < -0.3 is 29.2 Å². The van der Waals surface area contributed by atoms with E-state index in [4.69, 9.17) is 14.2 Å². The standard InChI is InChI=1S/C34H37N3O6S/c1-22(41-23(2)39)32(40)36-19-28-6-4-5-7-30(28)25-12-14-27(15-13-25)33-42-29(21-44-34-35-16-17-37(34)3)18-31(43-33)26-10-8-24(20-38)9-11-26/h4-17,22,29,31,33,38H,18-21H2,1-3H3,(H,36,40)/t22-,29-,31+,33+/m0/s1. The highest BCUT2D eigenvalue weighted by Crippen LogP contribution is 2.40. The van der Waals surface area contributed by atoms with E-state index in [1.165, 1.54) is 6.92 Å². The molecule has 2 heterocycles. The minimum absolute atomic E-state index is 0.00425. The summed E-state index contributed by atoms with van der Waals surface area (Å²) in [6.07, 6.45) is 2.74. The third-order valence-corrected chi connectivity index (χ3v) is 8.66. The summed E-state index contributed by atoms with van der Waals surface area (Å²) in [5.41, 5.74) is 5.70. The summed E-state index contributed by atoms with van der Waals surface area (Å²) in [5, 5.41) is 13.3. The third kappa shape index (κ3) is 7.95. The third-order valence-electron chi connectivity index (χ3n) is 7.47. The predicted octanol–water partition coefficient (Wildman–Crippen LogP) is 5.48. The van der Waals surface area contributed by atoms with Crippen LogP contribution < -0.4 is 5.32 Å². The quantitative estimate of drug-likeness (QED) is 0.168. The van der Waals surface area contributed by atoms with Crippen LogP contribution in [-0.4, -0.2) is 44.5 Å². The molecule has 0 spiro atoms. The monoisotopic (exact) mass is 615 g/mol. The zero-order valence-electron chi connectivity index (χ0n) is 25.0. The molecule has 2 N–H and O–H groups in total. The molecule has 1 amide bonds. The van der Waals surface area contributed by atoms with Gasteiger partial charge >= 0.3 is 5.97 Å². The number of aliphatic hydroxyl groups excluding tert-OH is 1. The number of hydrogen-bond acceptors (Lipinski definition) is 8. The Bertz CT molecular complexity index is 1560. The van der Waals surface area contributed by atoms with Crippen molar-refractivity contribution in [1.29, 1.82) is 0 Å². The lowest BCUT2D eigenvalue weighted by Crippen LogP contribution is -2.35. The van der Waals surface area contributed by atoms with Crippen LogP contribution in [0.15, 0.2) is 90.3 Å². The van der Waals surface area contributed by atoms with E-state index in [0.717, 1.165) is 44.3 Å². The van der Waals surface area contributed by atoms with Gasteiger partial charge in [0.2, 0.25) is 0 Å². The van der Waals surface area contributed by atoms with E-state index >= 15 is 0 Å². The summed E-state index contributed by atoms with van der Waals surface area (Å²) < 4.78 is 20.0. The van der Waals surface area contributed by atoms with Crippen molar-refractivity contribution in [2.24, 2.45) is 7.05 Å². The number of imidazole rings is 1. The van der Waals surface area contributed by atoms with Crippen molar-refractivity contribution < 1.29 is 28.9 Å². The smallest absolute Gasteiger partial charge is 0.303 e. The van der Waals surface area contributed by atoms with Crippen molar-refractivity contribution in [2.75, 3.05) is 5.75 Å². The van der Waals surface area contributed by atoms with Gasteiger partial charge in [-0.1, -0.05) is 84.6 Å². The lowest BCUT2D eigenvalue weighted by atomic mass is 9.97. The van der Waals surface area contributed by atoms with E-state index in [1.54, 1.807) is 24.9 Å². The summed E-state index contributed by atoms with van der Waals surface area (Å²) >= 11 is 1.66. The molecule has 1 aliphatic rings. The number of carbonyl (C=O) groups is 2. The van der Waals surface area contributed by atoms with Gasteiger partial charge in [0.05, 0.1) is 18.8 Å². The molecule has 0 radical (unpaired) electrons. The van der Waals surface area contributed by atoms with Crippen molar-refractivity contribution in [1.82, 2.24) is 14.9 Å². The van der Waals surface area contributed by atoms with Crippen molar-refractivity contribution >= 4 is 23.6 Å². The van der Waals surface area contributed by atoms with Gasteiger partial charge in [0.15, 0.2) is 17.6 Å². The first-order valence-corrected chi connectivity index (χ1v) is 15.5. The maximum absolute atomic E-state index is 12.4. The predicted molar refractivity (Wildman–Crippen MR) is 167 cm³/mol. The van der Waals surface area contributed by atoms with Crippen molar-refractivity contribution in [3.05, 3.63) is 107 Å². The molecule has 44 heavy (non-hydrogen) atoms. The Kier molecular flexibility index (Phi) is 10.5. The Morgan fingerprint density at radius 3 is 2.48 bits per heavy atom. The Balaban J connectivity index is 1.32. The molecule has 3 aromatic carbocycles. The van der Waals surface area contributed by atoms with Crippen LogP contribution in [0.2, 0.25) is 0 Å². The number of nitrogens with one attached hydrogen (secondary N) is 1. The van der Waals surface area contributed by atoms with Gasteiger partial charge in [-0.15, -0.1) is 0 Å². The lowest BCUT2D eigenvalue weighted by Gasteiger charge is -2.36. The molecule has 0 saturated carbocycles. The minimum Gasteiger partial charge on any atom is -0.453 e. The molecule has 0 unspecified atom stereocenters. The lowest BCUT2D eigenvalue weighted by molar-refractivity contribution is -0.245. The highest BCUT2D eigenvalue weighted by molar-refractivity contribution is 7.99. The number of carbonyl (C=O) groups excluding carboxylic acids is 2. The minimum atomic E-state index is -0.864. The molecular formula is C34H37N3O6S. The number of hydrogen-bond donors (Lipinski definition) is 2. The normalized spacial score (nSPS) is 18.9. The number of esters is 1. The number of rotatable bonds is 11. The van der Waals surface area contributed by atoms with Gasteiger partial charge in [-0.25, -0.2) is 4.98 Å². The van der Waals surface area contributed by atoms with Crippen LogP contribution >= 0.6 is 11.8 Å². The van der Waals surface area contributed by atoms with E-state index in [2.05, 4.69) is 10.3 Å². The first-order chi connectivity index (χ1) is 21.3. The van der Waals surface area contributed by atoms with Gasteiger partial charge in [0, 0.05) is 50.6 Å². The molecule has 0 aliphatic carbocycles. The molecule has 230 valence electrons. The number of aromatic nitrogens is 2. The zero-order chi connectivity index (χ0) is 31.1. The maximum atomic E-state index is 12.4. The van der Waals surface area contributed by atoms with E-state index in [9.17, 15) is 14.7 Å². The van der Waals surface area contributed by atoms with E-state index in [-0.39, 0.29) is 24.7 Å². The molecule has 4 aromatic rings. The number of aliphatic hydroxyl groups is 1. The second-order valence-electron chi connectivity index (χ2n) is 10.7. The van der Waals surface area contributed by atoms with Crippen LogP contribution in [0.25, 0.3) is 11.1 Å². The number of benzene rings is 3. The molecular weight excluding hydrogens is 578 g/mol. The Morgan fingerprint density at radius 2 is 1.80 bits per heavy atom. The van der Waals surface area contributed by atoms with Crippen LogP contribution in [0.3, 0.4) is 0 Å². The summed E-state index contributed by atoms with van der Waals surface area (Å²) in [7, 11) is 1.98. The summed E-state index contributed by atoms with van der Waals surface area (Å²) in [4.78, 5) is 28.0. The van der Waals surface area contributed by atoms with Crippen LogP contribution in [-0.2, 0) is 44.0 Å². The van der Waals surface area contributed by atoms with Crippen LogP contribution in [0, 0.1) is 0 Å². The Hall–Kier alpha value is -3.96. The molecule has 1 aliphatic heterocycles. The largest absolute Gasteiger partial charge is 0.453 e. The SMILES string of the molecule is CC(=O)O[C@@H](C)C(=O)NCc1ccccc1-c1ccc([C@@H]2O[C@H](CSc3nccn3C)C[C@H](c3ccc(CO)cc3)O2)cc1. The van der Waals surface area contributed by atoms with Crippen LogP contribution in [0.4, 0.5) is 0 Å². The fraction of sp³-hybridized carbons (Fsp3) is 0.324. The molecule has 4 atom stereocenters. The summed E-state index contributed by atoms with van der Waals surface area (Å²) in [6, 6.07) is 23.8. The van der Waals surface area contributed by atoms with Gasteiger partial charge in [0.25, 0.3) is 5.91 Å². The number of nitrogens with zero attached hydrogens (tertiary/aromatic N) is 2. The molecule has 5 rings (SSSR count). The molecule has 1 fully saturated rings. The van der Waals surface area contributed by atoms with Crippen molar-refractivity contribution in [3.63, 3.8) is 0 Å². The van der Waals surface area contributed by atoms with E-state index < -0.39 is 18.4 Å². The second-order valence-corrected chi connectivity index (χ2v) is 11.7. The highest BCUT2D eigenvalue weighted by Gasteiger charge is 2.32. The van der Waals surface area contributed by atoms with E-state index in [1.807, 2.05) is 90.6 Å². The highest BCUT2D eigenvalue weighted by atomic mass is 32.2. The fourth-order valence-corrected chi connectivity index (χ4v) is 6.04. The Labute approximate surface area is 261 Å². The molecule has 1 aromatic heterocycles. The first-order valence-electron chi connectivity index (χ1n) is 14.5. The van der Waals surface area contributed by atoms with Crippen LogP contribution in [0.5, 0.6) is 0 Å². The second kappa shape index (κ2) is 14.7. The van der Waals surface area contributed by atoms with Crippen LogP contribution in [0.1, 0.15) is 54.9 Å². The van der Waals surface area contributed by atoms with Gasteiger partial charge in [-0.2, -0.15) is 0 Å². The van der Waals surface area contributed by atoms with Crippen molar-refractivity contribution in [2.45, 2.75) is 63.2 Å². The molecule has 9 nitrogen and oxygen atoms in total. The average molecular weight is 616 g/mol. The Morgan fingerprint density at radius 1 is 1.07 bits per heavy atom. The summed E-state index contributed by atoms with van der Waals surface area (Å²) in [6.45, 7) is 3.12. The van der Waals surface area contributed by atoms with Gasteiger partial charge in [-0.05, 0) is 34.7 Å². The number of amides is 1. The van der Waals surface area contributed by atoms with Gasteiger partial charge in [0.1, 0.15) is 0 Å². The fourth-order valence-electron chi connectivity index (χ4n) is 5.09. The zero-order valence-corrected chi connectivity index (χ0v) is 25.8. The molecule has 0 bridgehead atoms. The average Bonchev–Trinajstić information content (AvgIpc) is 3.46. The number of thioether (sulfide) groups is 1. The number of ether oxygens (including phenoxy) is 3. The van der Waals surface area contributed by atoms with Crippen molar-refractivity contribution in [3.8, 4) is 11.1 Å². The van der Waals surface area contributed by atoms with Gasteiger partial charge in [-0.3, -0.25) is 9.59 Å². The number of aryl methyl sites for hydroxylation is 1. The van der Waals surface area contributed by atoms with E-state index in [0.29, 0.717) is 13.0 Å².